The molecule has 2 N–H and O–H groups in total. The molecule has 0 spiro atoms. The Morgan fingerprint density at radius 3 is 2.69 bits per heavy atom. The first-order valence-corrected chi connectivity index (χ1v) is 9.06. The number of carbonyl (C=O) groups excluding carboxylic acids is 1. The van der Waals surface area contributed by atoms with E-state index >= 15 is 0 Å². The van der Waals surface area contributed by atoms with Crippen LogP contribution in [0.2, 0.25) is 0 Å². The number of aromatic nitrogens is 2. The van der Waals surface area contributed by atoms with Crippen LogP contribution in [-0.4, -0.2) is 22.5 Å². The van der Waals surface area contributed by atoms with E-state index in [-0.39, 0.29) is 12.2 Å². The fraction of sp³-hybridized carbons (Fsp3) is 0.100. The van der Waals surface area contributed by atoms with Crippen LogP contribution in [0.25, 0.3) is 21.8 Å². The number of hydrogen-bond acceptors (Lipinski definition) is 4. The van der Waals surface area contributed by atoms with Crippen molar-refractivity contribution in [2.24, 2.45) is 0 Å². The zero-order chi connectivity index (χ0) is 18.1. The number of carbonyl (C=O) groups is 1. The molecule has 0 bridgehead atoms. The third-order valence-electron chi connectivity index (χ3n) is 4.09. The average Bonchev–Trinajstić information content (AvgIpc) is 3.10. The van der Waals surface area contributed by atoms with Gasteiger partial charge in [0.05, 0.1) is 12.2 Å². The molecule has 130 valence electrons. The number of nitrogens with one attached hydrogen (secondary N) is 2. The van der Waals surface area contributed by atoms with Gasteiger partial charge < -0.3 is 14.7 Å². The molecule has 0 saturated carbocycles. The normalized spacial score (nSPS) is 11.1. The summed E-state index contributed by atoms with van der Waals surface area (Å²) in [6, 6.07) is 15.8. The molecule has 0 aliphatic heterocycles. The van der Waals surface area contributed by atoms with Crippen molar-refractivity contribution in [3.8, 4) is 0 Å². The largest absolute Gasteiger partial charge is 0.462 e. The number of rotatable bonds is 4. The monoisotopic (exact) mass is 364 g/mol. The molecule has 0 saturated heterocycles. The summed E-state index contributed by atoms with van der Waals surface area (Å²) < 4.78 is 5.13. The fourth-order valence-electron chi connectivity index (χ4n) is 2.96. The van der Waals surface area contributed by atoms with Crippen LogP contribution >= 0.6 is 11.8 Å². The van der Waals surface area contributed by atoms with Gasteiger partial charge in [-0.15, -0.1) is 0 Å². The standard InChI is InChI=1S/C20H16N2O3S/c1-2-25-20(24)15-11-21-18-17(15)14-10-13(8-9-16(14)22-19(18)23)26-12-6-4-3-5-7-12/h3-11,21H,2H2,1H3,(H,22,23). The number of pyridine rings is 1. The van der Waals surface area contributed by atoms with Crippen molar-refractivity contribution in [3.05, 3.63) is 70.6 Å². The summed E-state index contributed by atoms with van der Waals surface area (Å²) in [7, 11) is 0. The lowest BCUT2D eigenvalue weighted by Crippen LogP contribution is -2.08. The molecule has 26 heavy (non-hydrogen) atoms. The molecule has 4 rings (SSSR count). The Kier molecular flexibility index (Phi) is 4.26. The number of ether oxygens (including phenoxy) is 1. The predicted molar refractivity (Wildman–Crippen MR) is 103 cm³/mol. The van der Waals surface area contributed by atoms with Gasteiger partial charge in [0.15, 0.2) is 0 Å². The number of esters is 1. The van der Waals surface area contributed by atoms with E-state index in [1.807, 2.05) is 48.5 Å². The van der Waals surface area contributed by atoms with Crippen LogP contribution in [0.15, 0.2) is 69.3 Å². The highest BCUT2D eigenvalue weighted by atomic mass is 32.2. The molecular weight excluding hydrogens is 348 g/mol. The maximum absolute atomic E-state index is 12.3. The zero-order valence-corrected chi connectivity index (χ0v) is 14.9. The van der Waals surface area contributed by atoms with E-state index < -0.39 is 5.97 Å². The lowest BCUT2D eigenvalue weighted by atomic mass is 10.1. The molecule has 0 aliphatic rings. The molecule has 2 aromatic carbocycles. The number of benzene rings is 2. The van der Waals surface area contributed by atoms with Gasteiger partial charge in [-0.2, -0.15) is 0 Å². The van der Waals surface area contributed by atoms with E-state index in [1.54, 1.807) is 18.7 Å². The summed E-state index contributed by atoms with van der Waals surface area (Å²) in [6.45, 7) is 2.04. The van der Waals surface area contributed by atoms with Crippen molar-refractivity contribution >= 4 is 39.5 Å². The summed E-state index contributed by atoms with van der Waals surface area (Å²) in [6.07, 6.45) is 1.54. The van der Waals surface area contributed by atoms with Crippen LogP contribution in [0.3, 0.4) is 0 Å². The second-order valence-corrected chi connectivity index (χ2v) is 6.90. The summed E-state index contributed by atoms with van der Waals surface area (Å²) >= 11 is 1.62. The van der Waals surface area contributed by atoms with Gasteiger partial charge in [0.1, 0.15) is 5.52 Å². The first-order chi connectivity index (χ1) is 12.7. The van der Waals surface area contributed by atoms with Gasteiger partial charge in [0.2, 0.25) is 0 Å². The smallest absolute Gasteiger partial charge is 0.340 e. The van der Waals surface area contributed by atoms with Crippen LogP contribution in [-0.2, 0) is 4.74 Å². The number of fused-ring (bicyclic) bond motifs is 3. The third-order valence-corrected chi connectivity index (χ3v) is 5.09. The Hall–Kier alpha value is -2.99. The van der Waals surface area contributed by atoms with Gasteiger partial charge in [0, 0.05) is 32.3 Å². The molecule has 4 aromatic rings. The Morgan fingerprint density at radius 2 is 1.92 bits per heavy atom. The summed E-state index contributed by atoms with van der Waals surface area (Å²) in [5, 5.41) is 1.41. The van der Waals surface area contributed by atoms with Crippen molar-refractivity contribution in [1.29, 1.82) is 0 Å². The average molecular weight is 364 g/mol. The van der Waals surface area contributed by atoms with Crippen molar-refractivity contribution < 1.29 is 9.53 Å². The van der Waals surface area contributed by atoms with Crippen LogP contribution in [0.4, 0.5) is 0 Å². The SMILES string of the molecule is CCOC(=O)c1c[nH]c2c(=O)[nH]c3ccc(Sc4ccccc4)cc3c12. The molecule has 6 heteroatoms. The van der Waals surface area contributed by atoms with Gasteiger partial charge in [0.25, 0.3) is 5.56 Å². The lowest BCUT2D eigenvalue weighted by molar-refractivity contribution is 0.0529. The highest BCUT2D eigenvalue weighted by Crippen LogP contribution is 2.32. The molecule has 0 amide bonds. The molecule has 0 atom stereocenters. The lowest BCUT2D eigenvalue weighted by Gasteiger charge is -2.06. The minimum Gasteiger partial charge on any atom is -0.462 e. The van der Waals surface area contributed by atoms with E-state index in [9.17, 15) is 9.59 Å². The molecule has 0 fully saturated rings. The van der Waals surface area contributed by atoms with E-state index in [1.165, 1.54) is 6.20 Å². The molecular formula is C20H16N2O3S. The van der Waals surface area contributed by atoms with Gasteiger partial charge >= 0.3 is 5.97 Å². The number of hydrogen-bond donors (Lipinski definition) is 2. The summed E-state index contributed by atoms with van der Waals surface area (Å²) in [4.78, 5) is 32.5. The highest BCUT2D eigenvalue weighted by Gasteiger charge is 2.18. The predicted octanol–water partition coefficient (Wildman–Crippen LogP) is 4.34. The van der Waals surface area contributed by atoms with E-state index in [2.05, 4.69) is 9.97 Å². The van der Waals surface area contributed by atoms with Gasteiger partial charge in [-0.25, -0.2) is 4.79 Å². The Labute approximate surface area is 153 Å². The van der Waals surface area contributed by atoms with Crippen LogP contribution in [0.5, 0.6) is 0 Å². The van der Waals surface area contributed by atoms with E-state index in [0.717, 1.165) is 15.2 Å². The molecule has 0 aliphatic carbocycles. The van der Waals surface area contributed by atoms with Gasteiger partial charge in [-0.3, -0.25) is 4.79 Å². The quantitative estimate of drug-likeness (QED) is 0.528. The minimum atomic E-state index is -0.438. The van der Waals surface area contributed by atoms with Crippen molar-refractivity contribution in [2.45, 2.75) is 16.7 Å². The topological polar surface area (TPSA) is 75.0 Å². The highest BCUT2D eigenvalue weighted by molar-refractivity contribution is 7.99. The maximum Gasteiger partial charge on any atom is 0.340 e. The van der Waals surface area contributed by atoms with Crippen molar-refractivity contribution in [1.82, 2.24) is 9.97 Å². The van der Waals surface area contributed by atoms with Gasteiger partial charge in [-0.1, -0.05) is 30.0 Å². The first kappa shape index (κ1) is 16.5. The molecule has 0 unspecified atom stereocenters. The Balaban J connectivity index is 1.91. The number of aromatic amines is 2. The molecule has 5 nitrogen and oxygen atoms in total. The van der Waals surface area contributed by atoms with Crippen molar-refractivity contribution in [3.63, 3.8) is 0 Å². The Morgan fingerprint density at radius 1 is 1.12 bits per heavy atom. The molecule has 0 radical (unpaired) electrons. The maximum atomic E-state index is 12.3. The van der Waals surface area contributed by atoms with E-state index in [0.29, 0.717) is 22.0 Å². The first-order valence-electron chi connectivity index (χ1n) is 8.24. The number of H-pyrrole nitrogens is 2. The molecule has 2 aromatic heterocycles. The second-order valence-electron chi connectivity index (χ2n) is 5.75. The van der Waals surface area contributed by atoms with E-state index in [4.69, 9.17) is 4.74 Å². The van der Waals surface area contributed by atoms with Gasteiger partial charge in [-0.05, 0) is 37.3 Å². The molecule has 2 heterocycles. The zero-order valence-electron chi connectivity index (χ0n) is 14.0. The minimum absolute atomic E-state index is 0.258. The van der Waals surface area contributed by atoms with Crippen molar-refractivity contribution in [2.75, 3.05) is 6.61 Å². The fourth-order valence-corrected chi connectivity index (χ4v) is 3.84. The van der Waals surface area contributed by atoms with Crippen LogP contribution in [0, 0.1) is 0 Å². The summed E-state index contributed by atoms with van der Waals surface area (Å²) in [5.41, 5.74) is 1.18. The second kappa shape index (κ2) is 6.72. The third kappa shape index (κ3) is 2.88. The summed E-state index contributed by atoms with van der Waals surface area (Å²) in [5.74, 6) is -0.438. The Bertz CT molecular complexity index is 1160. The van der Waals surface area contributed by atoms with Crippen LogP contribution < -0.4 is 5.56 Å². The van der Waals surface area contributed by atoms with Crippen LogP contribution in [0.1, 0.15) is 17.3 Å².